The van der Waals surface area contributed by atoms with Crippen LogP contribution in [0.25, 0.3) is 0 Å². The second kappa shape index (κ2) is 5.51. The Labute approximate surface area is 99.5 Å². The van der Waals surface area contributed by atoms with E-state index in [1.807, 2.05) is 0 Å². The van der Waals surface area contributed by atoms with Crippen molar-refractivity contribution in [3.8, 4) is 0 Å². The average Bonchev–Trinajstić information content (AvgIpc) is 2.09. The standard InChI is InChI=1S/C10H18N2O5/c1-10(2,3)17-9(16)12(4)6(8(14)15)5-7(11)13/h6H,5H2,1-4H3,(H2,11,13)(H,14,15)/t6-/m0/s1. The van der Waals surface area contributed by atoms with Gasteiger partial charge in [-0.3, -0.25) is 9.69 Å². The summed E-state index contributed by atoms with van der Waals surface area (Å²) in [4.78, 5) is 34.0. The number of carbonyl (C=O) groups is 3. The second-order valence-corrected chi connectivity index (χ2v) is 4.62. The Morgan fingerprint density at radius 3 is 2.12 bits per heavy atom. The van der Waals surface area contributed by atoms with Crippen LogP contribution in [0.1, 0.15) is 27.2 Å². The normalized spacial score (nSPS) is 12.7. The third kappa shape index (κ3) is 5.74. The van der Waals surface area contributed by atoms with E-state index in [0.717, 1.165) is 4.90 Å². The molecule has 17 heavy (non-hydrogen) atoms. The Morgan fingerprint density at radius 1 is 1.35 bits per heavy atom. The van der Waals surface area contributed by atoms with Gasteiger partial charge in [-0.15, -0.1) is 0 Å². The number of hydrogen-bond donors (Lipinski definition) is 2. The van der Waals surface area contributed by atoms with Crippen molar-refractivity contribution in [2.24, 2.45) is 5.73 Å². The van der Waals surface area contributed by atoms with E-state index >= 15 is 0 Å². The van der Waals surface area contributed by atoms with Crippen LogP contribution in [0.4, 0.5) is 4.79 Å². The number of likely N-dealkylation sites (N-methyl/N-ethyl adjacent to an activating group) is 1. The van der Waals surface area contributed by atoms with Crippen molar-refractivity contribution < 1.29 is 24.2 Å². The van der Waals surface area contributed by atoms with Gasteiger partial charge in [0.15, 0.2) is 0 Å². The summed E-state index contributed by atoms with van der Waals surface area (Å²) in [7, 11) is 1.25. The van der Waals surface area contributed by atoms with Crippen LogP contribution < -0.4 is 5.73 Å². The maximum Gasteiger partial charge on any atom is 0.410 e. The van der Waals surface area contributed by atoms with Crippen LogP contribution in [-0.2, 0) is 14.3 Å². The van der Waals surface area contributed by atoms with Crippen molar-refractivity contribution >= 4 is 18.0 Å². The number of hydrogen-bond acceptors (Lipinski definition) is 4. The summed E-state index contributed by atoms with van der Waals surface area (Å²) in [5.74, 6) is -2.11. The van der Waals surface area contributed by atoms with Gasteiger partial charge in [0.1, 0.15) is 11.6 Å². The smallest absolute Gasteiger partial charge is 0.410 e. The van der Waals surface area contributed by atoms with E-state index in [-0.39, 0.29) is 0 Å². The topological polar surface area (TPSA) is 110 Å². The van der Waals surface area contributed by atoms with Crippen LogP contribution in [0.5, 0.6) is 0 Å². The Hall–Kier alpha value is -1.79. The number of carboxylic acid groups (broad SMARTS) is 1. The molecule has 98 valence electrons. The molecule has 7 heteroatoms. The number of ether oxygens (including phenoxy) is 1. The van der Waals surface area contributed by atoms with Gasteiger partial charge in [-0.25, -0.2) is 9.59 Å². The summed E-state index contributed by atoms with van der Waals surface area (Å²) in [6.07, 6.45) is -1.27. The zero-order valence-electron chi connectivity index (χ0n) is 10.4. The first kappa shape index (κ1) is 15.2. The lowest BCUT2D eigenvalue weighted by Gasteiger charge is -2.27. The van der Waals surface area contributed by atoms with Gasteiger partial charge < -0.3 is 15.6 Å². The highest BCUT2D eigenvalue weighted by Crippen LogP contribution is 2.12. The van der Waals surface area contributed by atoms with Gasteiger partial charge in [-0.2, -0.15) is 0 Å². The van der Waals surface area contributed by atoms with E-state index in [9.17, 15) is 14.4 Å². The Balaban J connectivity index is 4.72. The molecule has 0 bridgehead atoms. The SMILES string of the molecule is CN(C(=O)OC(C)(C)C)[C@@H](CC(N)=O)C(=O)O. The van der Waals surface area contributed by atoms with Gasteiger partial charge >= 0.3 is 12.1 Å². The molecule has 3 N–H and O–H groups in total. The number of amides is 2. The highest BCUT2D eigenvalue weighted by molar-refractivity contribution is 5.86. The van der Waals surface area contributed by atoms with Gasteiger partial charge in [0.2, 0.25) is 5.91 Å². The van der Waals surface area contributed by atoms with Gasteiger partial charge in [-0.05, 0) is 20.8 Å². The molecule has 2 amide bonds. The van der Waals surface area contributed by atoms with E-state index in [2.05, 4.69) is 0 Å². The maximum absolute atomic E-state index is 11.6. The molecule has 0 aromatic carbocycles. The molecule has 0 aliphatic heterocycles. The fourth-order valence-corrected chi connectivity index (χ4v) is 1.04. The van der Waals surface area contributed by atoms with E-state index in [4.69, 9.17) is 15.6 Å². The maximum atomic E-state index is 11.6. The third-order valence-electron chi connectivity index (χ3n) is 1.83. The van der Waals surface area contributed by atoms with Crippen molar-refractivity contribution in [3.63, 3.8) is 0 Å². The highest BCUT2D eigenvalue weighted by Gasteiger charge is 2.31. The highest BCUT2D eigenvalue weighted by atomic mass is 16.6. The predicted molar refractivity (Wildman–Crippen MR) is 59.2 cm³/mol. The quantitative estimate of drug-likeness (QED) is 0.735. The molecule has 0 aliphatic carbocycles. The molecule has 0 saturated carbocycles. The molecule has 1 atom stereocenters. The van der Waals surface area contributed by atoms with E-state index in [1.165, 1.54) is 7.05 Å². The van der Waals surface area contributed by atoms with E-state index in [1.54, 1.807) is 20.8 Å². The van der Waals surface area contributed by atoms with Gasteiger partial charge in [-0.1, -0.05) is 0 Å². The molecule has 0 saturated heterocycles. The number of rotatable bonds is 4. The van der Waals surface area contributed by atoms with Crippen molar-refractivity contribution in [3.05, 3.63) is 0 Å². The number of aliphatic carboxylic acids is 1. The summed E-state index contributed by atoms with van der Waals surface area (Å²) in [6, 6.07) is -1.32. The largest absolute Gasteiger partial charge is 0.480 e. The summed E-state index contributed by atoms with van der Waals surface area (Å²) in [5, 5.41) is 8.88. The van der Waals surface area contributed by atoms with Crippen LogP contribution in [-0.4, -0.2) is 46.7 Å². The summed E-state index contributed by atoms with van der Waals surface area (Å²) < 4.78 is 4.98. The van der Waals surface area contributed by atoms with Crippen LogP contribution in [0.2, 0.25) is 0 Å². The monoisotopic (exact) mass is 246 g/mol. The number of primary amides is 1. The first-order chi connectivity index (χ1) is 7.54. The van der Waals surface area contributed by atoms with Crippen molar-refractivity contribution in [2.45, 2.75) is 38.8 Å². The molecule has 0 aliphatic rings. The second-order valence-electron chi connectivity index (χ2n) is 4.62. The van der Waals surface area contributed by atoms with E-state index in [0.29, 0.717) is 0 Å². The third-order valence-corrected chi connectivity index (χ3v) is 1.83. The minimum atomic E-state index is -1.32. The molecule has 0 spiro atoms. The van der Waals surface area contributed by atoms with Crippen LogP contribution >= 0.6 is 0 Å². The zero-order chi connectivity index (χ0) is 13.8. The minimum Gasteiger partial charge on any atom is -0.480 e. The molecule has 0 radical (unpaired) electrons. The van der Waals surface area contributed by atoms with Gasteiger partial charge in [0, 0.05) is 7.05 Å². The summed E-state index contributed by atoms with van der Waals surface area (Å²) >= 11 is 0. The molecule has 0 heterocycles. The van der Waals surface area contributed by atoms with Crippen LogP contribution in [0, 0.1) is 0 Å². The molecule has 0 unspecified atom stereocenters. The number of carbonyl (C=O) groups excluding carboxylic acids is 2. The average molecular weight is 246 g/mol. The molecule has 0 aromatic heterocycles. The molecule has 0 rings (SSSR count). The van der Waals surface area contributed by atoms with Crippen molar-refractivity contribution in [1.82, 2.24) is 4.90 Å². The van der Waals surface area contributed by atoms with Crippen LogP contribution in [0.3, 0.4) is 0 Å². The Morgan fingerprint density at radius 2 is 1.82 bits per heavy atom. The van der Waals surface area contributed by atoms with Crippen LogP contribution in [0.15, 0.2) is 0 Å². The van der Waals surface area contributed by atoms with Crippen molar-refractivity contribution in [1.29, 1.82) is 0 Å². The lowest BCUT2D eigenvalue weighted by Crippen LogP contribution is -2.46. The van der Waals surface area contributed by atoms with Gasteiger partial charge in [0.05, 0.1) is 6.42 Å². The zero-order valence-corrected chi connectivity index (χ0v) is 10.4. The first-order valence-corrected chi connectivity index (χ1v) is 5.01. The first-order valence-electron chi connectivity index (χ1n) is 5.01. The van der Waals surface area contributed by atoms with Crippen molar-refractivity contribution in [2.75, 3.05) is 7.05 Å². The Bertz CT molecular complexity index is 321. The van der Waals surface area contributed by atoms with E-state index < -0.39 is 36.0 Å². The lowest BCUT2D eigenvalue weighted by molar-refractivity contribution is -0.144. The summed E-state index contributed by atoms with van der Waals surface area (Å²) in [6.45, 7) is 4.97. The number of nitrogens with zero attached hydrogens (tertiary/aromatic N) is 1. The molecular weight excluding hydrogens is 228 g/mol. The molecule has 0 aromatic rings. The summed E-state index contributed by atoms with van der Waals surface area (Å²) in [5.41, 5.74) is 4.18. The fourth-order valence-electron chi connectivity index (χ4n) is 1.04. The number of carboxylic acids is 1. The predicted octanol–water partition coefficient (Wildman–Crippen LogP) is 0.182. The molecular formula is C10H18N2O5. The fraction of sp³-hybridized carbons (Fsp3) is 0.700. The molecule has 7 nitrogen and oxygen atoms in total. The lowest BCUT2D eigenvalue weighted by atomic mass is 10.2. The van der Waals surface area contributed by atoms with Gasteiger partial charge in [0.25, 0.3) is 0 Å². The number of nitrogens with two attached hydrogens (primary N) is 1. The minimum absolute atomic E-state index is 0.453. The Kier molecular flexibility index (Phi) is 4.93. The molecule has 0 fully saturated rings.